The van der Waals surface area contributed by atoms with E-state index in [1.807, 2.05) is 0 Å². The van der Waals surface area contributed by atoms with Crippen LogP contribution in [0, 0.1) is 0 Å². The van der Waals surface area contributed by atoms with Crippen molar-refractivity contribution in [2.45, 2.75) is 14.7 Å². The van der Waals surface area contributed by atoms with Gasteiger partial charge in [0.05, 0.1) is 26.9 Å². The van der Waals surface area contributed by atoms with Crippen LogP contribution in [0.3, 0.4) is 0 Å². The lowest BCUT2D eigenvalue weighted by atomic mass is 9.94. The molecule has 9 N–H and O–H groups in total. The van der Waals surface area contributed by atoms with Crippen LogP contribution >= 0.6 is 0 Å². The van der Waals surface area contributed by atoms with E-state index in [2.05, 4.69) is 51.7 Å². The Kier molecular flexibility index (Phi) is 12.2. The van der Waals surface area contributed by atoms with Gasteiger partial charge in [-0.05, 0) is 103 Å². The molecular weight excluding hydrogens is 919 g/mol. The normalized spacial score (nSPS) is 13.9. The van der Waals surface area contributed by atoms with Gasteiger partial charge in [0.1, 0.15) is 9.80 Å². The van der Waals surface area contributed by atoms with E-state index < -0.39 is 72.3 Å². The van der Waals surface area contributed by atoms with E-state index in [0.29, 0.717) is 5.69 Å². The summed E-state index contributed by atoms with van der Waals surface area (Å²) in [6.07, 6.45) is 0.939. The molecule has 0 spiro atoms. The summed E-state index contributed by atoms with van der Waals surface area (Å²) in [5, 5.41) is 25.7. The molecule has 0 aliphatic heterocycles. The first-order valence-electron chi connectivity index (χ1n) is 17.7. The maximum atomic E-state index is 13.8. The Balaban J connectivity index is 1.17. The second kappa shape index (κ2) is 17.4. The summed E-state index contributed by atoms with van der Waals surface area (Å²) in [5.41, 5.74) is 1.85. The second-order valence-corrected chi connectivity index (χ2v) is 18.9. The molecule has 1 aliphatic carbocycles. The Labute approximate surface area is 363 Å². The highest BCUT2D eigenvalue weighted by atomic mass is 32.2. The van der Waals surface area contributed by atoms with Crippen LogP contribution in [0.25, 0.3) is 6.08 Å². The Bertz CT molecular complexity index is 3410. The number of azo groups is 1. The van der Waals surface area contributed by atoms with Gasteiger partial charge in [-0.15, -0.1) is 0 Å². The molecule has 0 radical (unpaired) electrons. The van der Waals surface area contributed by atoms with Gasteiger partial charge in [0.15, 0.2) is 5.71 Å². The van der Waals surface area contributed by atoms with Gasteiger partial charge in [-0.1, -0.05) is 24.3 Å². The third kappa shape index (κ3) is 10.8. The molecule has 0 atom stereocenters. The van der Waals surface area contributed by atoms with Crippen LogP contribution < -0.4 is 26.5 Å². The smallest absolute Gasteiger partial charge is 0.296 e. The number of allylic oxidation sites excluding steroid dienone is 1. The fourth-order valence-corrected chi connectivity index (χ4v) is 8.08. The van der Waals surface area contributed by atoms with Crippen molar-refractivity contribution in [1.82, 2.24) is 15.0 Å². The number of nitrogens with zero attached hydrogens (tertiary/aromatic N) is 6. The highest BCUT2D eigenvalue weighted by Crippen LogP contribution is 2.32. The minimum absolute atomic E-state index is 0.0163. The maximum absolute atomic E-state index is 13.8. The number of anilines is 7. The second-order valence-electron chi connectivity index (χ2n) is 13.1. The third-order valence-corrected chi connectivity index (χ3v) is 12.1. The van der Waals surface area contributed by atoms with Crippen molar-refractivity contribution in [3.63, 3.8) is 0 Å². The van der Waals surface area contributed by atoms with Gasteiger partial charge >= 0.3 is 0 Å². The summed E-state index contributed by atoms with van der Waals surface area (Å²) >= 11 is 0. The van der Waals surface area contributed by atoms with Crippen molar-refractivity contribution in [2.24, 2.45) is 20.5 Å². The fraction of sp³-hybridized carbons (Fsp3) is 0. The summed E-state index contributed by atoms with van der Waals surface area (Å²) in [7, 11) is -18.8. The van der Waals surface area contributed by atoms with Crippen molar-refractivity contribution in [2.75, 3.05) is 21.4 Å². The Morgan fingerprint density at radius 3 is 1.72 bits per heavy atom. The lowest BCUT2D eigenvalue weighted by Gasteiger charge is -2.18. The Morgan fingerprint density at radius 1 is 0.547 bits per heavy atom. The van der Waals surface area contributed by atoms with Crippen molar-refractivity contribution in [3.05, 3.63) is 131 Å². The molecule has 0 fully saturated rings. The Morgan fingerprint density at radius 2 is 1.12 bits per heavy atom. The average molecular weight is 948 g/mol. The Hall–Kier alpha value is -7.37. The average Bonchev–Trinajstić information content (AvgIpc) is 3.22. The zero-order valence-electron chi connectivity index (χ0n) is 32.0. The molecule has 1 aromatic heterocycles. The summed E-state index contributed by atoms with van der Waals surface area (Å²) in [4.78, 5) is 24.5. The van der Waals surface area contributed by atoms with Crippen molar-refractivity contribution >= 4 is 110 Å². The van der Waals surface area contributed by atoms with E-state index in [9.17, 15) is 47.6 Å². The van der Waals surface area contributed by atoms with Crippen LogP contribution in [0.1, 0.15) is 15.9 Å². The first-order valence-corrected chi connectivity index (χ1v) is 23.5. The van der Waals surface area contributed by atoms with Gasteiger partial charge in [-0.25, -0.2) is 13.6 Å². The van der Waals surface area contributed by atoms with Crippen LogP contribution in [-0.2, 0) is 40.4 Å². The van der Waals surface area contributed by atoms with Crippen molar-refractivity contribution in [3.8, 4) is 0 Å². The number of sulfonamides is 1. The SMILES string of the molecule is NS(=O)(=O)c1cccc(Nc2nc(Nc3ccccc3)nc(Nc3ccc4c(c3)C=C(S(=O)(=O)O)C(=NNc3ccc(N=Nc5ccc(S(=O)(=O)O)cc5)cc3S(=O)(=O)O)C4=O)n2)c1. The molecule has 7 rings (SSSR count). The molecule has 0 unspecified atom stereocenters. The molecule has 64 heavy (non-hydrogen) atoms. The number of para-hydroxylation sites is 1. The number of benzene rings is 5. The van der Waals surface area contributed by atoms with E-state index in [1.165, 1.54) is 54.6 Å². The number of Topliss-reactive ketones (excluding diaryl/α,β-unsaturated/α-hetero) is 1. The van der Waals surface area contributed by atoms with Gasteiger partial charge in [-0.3, -0.25) is 23.9 Å². The highest BCUT2D eigenvalue weighted by molar-refractivity contribution is 7.91. The molecule has 0 amide bonds. The van der Waals surface area contributed by atoms with Crippen molar-refractivity contribution < 1.29 is 52.1 Å². The van der Waals surface area contributed by atoms with E-state index in [4.69, 9.17) is 9.69 Å². The molecule has 0 saturated heterocycles. The largest absolute Gasteiger partial charge is 0.324 e. The predicted molar refractivity (Wildman–Crippen MR) is 232 cm³/mol. The number of ketones is 1. The first kappa shape index (κ1) is 44.7. The minimum Gasteiger partial charge on any atom is -0.324 e. The number of primary sulfonamides is 1. The number of hydrogen-bond donors (Lipinski definition) is 8. The zero-order chi connectivity index (χ0) is 46.0. The number of fused-ring (bicyclic) bond motifs is 1. The van der Waals surface area contributed by atoms with Crippen molar-refractivity contribution in [1.29, 1.82) is 0 Å². The van der Waals surface area contributed by atoms with Gasteiger partial charge < -0.3 is 16.0 Å². The topological polar surface area (TPSA) is 364 Å². The van der Waals surface area contributed by atoms with Crippen LogP contribution in [-0.4, -0.2) is 73.8 Å². The molecule has 0 saturated carbocycles. The van der Waals surface area contributed by atoms with E-state index >= 15 is 0 Å². The summed E-state index contributed by atoms with van der Waals surface area (Å²) < 4.78 is 126. The zero-order valence-corrected chi connectivity index (χ0v) is 35.2. The molecule has 328 valence electrons. The van der Waals surface area contributed by atoms with Gasteiger partial charge in [0, 0.05) is 22.6 Å². The van der Waals surface area contributed by atoms with E-state index in [0.717, 1.165) is 30.3 Å². The summed E-state index contributed by atoms with van der Waals surface area (Å²) in [5.74, 6) is -1.13. The highest BCUT2D eigenvalue weighted by Gasteiger charge is 2.33. The molecule has 6 aromatic rings. The molecular formula is C37H29N11O12S4. The predicted octanol–water partition coefficient (Wildman–Crippen LogP) is 5.55. The van der Waals surface area contributed by atoms with Gasteiger partial charge in [0.2, 0.25) is 33.7 Å². The number of nitrogens with one attached hydrogen (secondary N) is 4. The van der Waals surface area contributed by atoms with E-state index in [-0.39, 0.29) is 56.6 Å². The van der Waals surface area contributed by atoms with Crippen LogP contribution in [0.4, 0.5) is 52.0 Å². The standard InChI is InChI=1S/C37H29N11O12S4/c38-61(50,51)28-8-4-7-24(19-28)40-36-42-35(39-22-5-2-1-3-6-22)43-37(44-36)41-25-11-15-29-21(17-25)18-32(64(58,59)60)33(34(29)49)48-47-30-16-12-26(20-31(30)63(55,56)57)46-45-23-9-13-27(14-10-23)62(52,53)54/h1-20,47H,(H2,38,50,51)(H,52,53,54)(H,55,56,57)(H,58,59,60)(H3,39,40,41,42,43,44). The lowest BCUT2D eigenvalue weighted by Crippen LogP contribution is -2.27. The summed E-state index contributed by atoms with van der Waals surface area (Å²) in [6, 6.07) is 26.1. The summed E-state index contributed by atoms with van der Waals surface area (Å²) in [6.45, 7) is 0. The number of carbonyl (C=O) groups excluding carboxylic acids is 1. The van der Waals surface area contributed by atoms with Crippen LogP contribution in [0.15, 0.2) is 150 Å². The monoisotopic (exact) mass is 947 g/mol. The number of aromatic nitrogens is 3. The maximum Gasteiger partial charge on any atom is 0.296 e. The van der Waals surface area contributed by atoms with Crippen LogP contribution in [0.2, 0.25) is 0 Å². The molecule has 5 aromatic carbocycles. The quantitative estimate of drug-likeness (QED) is 0.0377. The van der Waals surface area contributed by atoms with Gasteiger partial charge in [0.25, 0.3) is 30.4 Å². The van der Waals surface area contributed by atoms with E-state index in [1.54, 1.807) is 36.4 Å². The van der Waals surface area contributed by atoms with Crippen LogP contribution in [0.5, 0.6) is 0 Å². The fourth-order valence-electron chi connectivity index (χ4n) is 5.72. The number of hydrogen-bond acceptors (Lipinski definition) is 19. The number of nitrogens with two attached hydrogens (primary N) is 1. The molecule has 1 aliphatic rings. The number of rotatable bonds is 14. The molecule has 27 heteroatoms. The van der Waals surface area contributed by atoms with Gasteiger partial charge in [-0.2, -0.15) is 55.5 Å². The lowest BCUT2D eigenvalue weighted by molar-refractivity contribution is 0.106. The third-order valence-electron chi connectivity index (χ3n) is 8.60. The first-order chi connectivity index (χ1) is 30.1. The molecule has 1 heterocycles. The number of hydrazone groups is 1. The minimum atomic E-state index is -5.19. The molecule has 23 nitrogen and oxygen atoms in total. The molecule has 0 bridgehead atoms. The number of carbonyl (C=O) groups is 1.